The van der Waals surface area contributed by atoms with Crippen LogP contribution in [0, 0.1) is 0 Å². The fraction of sp³-hybridized carbons (Fsp3) is 0.846. The molecule has 0 unspecified atom stereocenters. The molecule has 0 aromatic heterocycles. The first kappa shape index (κ1) is 12.4. The average Bonchev–Trinajstić information content (AvgIpc) is 2.38. The fourth-order valence-corrected chi connectivity index (χ4v) is 3.97. The molecule has 3 aliphatic rings. The molecule has 3 rings (SSSR count). The van der Waals surface area contributed by atoms with Crippen LogP contribution in [0.2, 0.25) is 0 Å². The summed E-state index contributed by atoms with van der Waals surface area (Å²) in [7, 11) is 0. The van der Waals surface area contributed by atoms with Crippen molar-refractivity contribution in [3.63, 3.8) is 0 Å². The van der Waals surface area contributed by atoms with Crippen LogP contribution < -0.4 is 0 Å². The van der Waals surface area contributed by atoms with Crippen LogP contribution in [0.3, 0.4) is 0 Å². The number of ether oxygens (including phenoxy) is 1. The van der Waals surface area contributed by atoms with E-state index in [9.17, 15) is 9.59 Å². The van der Waals surface area contributed by atoms with Gasteiger partial charge < -0.3 is 9.64 Å². The smallest absolute Gasteiger partial charge is 0.256 e. The molecule has 2 saturated heterocycles. The van der Waals surface area contributed by atoms with Crippen LogP contribution >= 0.6 is 11.6 Å². The highest BCUT2D eigenvalue weighted by Gasteiger charge is 2.69. The number of fused-ring (bicyclic) bond motifs is 2. The monoisotopic (exact) mass is 271 g/mol. The SMILES string of the molecule is CC(=O)[C@]1(Cl)C(=O)N2[C@@H]1CCOC21CCCCC1. The normalized spacial score (nSPS) is 38.2. The molecular weight excluding hydrogens is 254 g/mol. The molecule has 4 nitrogen and oxygen atoms in total. The fourth-order valence-electron chi connectivity index (χ4n) is 3.67. The number of Topliss-reactive ketones (excluding diaryl/α,β-unsaturated/α-hetero) is 1. The van der Waals surface area contributed by atoms with E-state index in [1.165, 1.54) is 13.3 Å². The van der Waals surface area contributed by atoms with E-state index in [4.69, 9.17) is 16.3 Å². The molecule has 18 heavy (non-hydrogen) atoms. The molecule has 1 amide bonds. The first-order valence-electron chi connectivity index (χ1n) is 6.70. The summed E-state index contributed by atoms with van der Waals surface area (Å²) in [6.45, 7) is 2.00. The number of halogens is 1. The standard InChI is InChI=1S/C13H18ClNO3/c1-9(16)13(14)10-5-8-18-12(15(10)11(13)17)6-3-2-4-7-12/h10H,2-8H2,1H3/t10-,13-/m1/s1. The molecule has 100 valence electrons. The third-order valence-corrected chi connectivity index (χ3v) is 5.33. The largest absolute Gasteiger partial charge is 0.355 e. The van der Waals surface area contributed by atoms with Gasteiger partial charge >= 0.3 is 0 Å². The van der Waals surface area contributed by atoms with Gasteiger partial charge in [-0.15, -0.1) is 0 Å². The van der Waals surface area contributed by atoms with Gasteiger partial charge in [-0.25, -0.2) is 0 Å². The number of hydrogen-bond donors (Lipinski definition) is 0. The number of amides is 1. The van der Waals surface area contributed by atoms with E-state index in [0.29, 0.717) is 13.0 Å². The van der Waals surface area contributed by atoms with Gasteiger partial charge in [-0.2, -0.15) is 0 Å². The predicted molar refractivity (Wildman–Crippen MR) is 66.3 cm³/mol. The molecule has 0 N–H and O–H groups in total. The summed E-state index contributed by atoms with van der Waals surface area (Å²) in [5, 5.41) is 0. The van der Waals surface area contributed by atoms with Gasteiger partial charge in [0.2, 0.25) is 4.87 Å². The van der Waals surface area contributed by atoms with Crippen molar-refractivity contribution in [2.45, 2.75) is 62.1 Å². The van der Waals surface area contributed by atoms with E-state index in [2.05, 4.69) is 0 Å². The van der Waals surface area contributed by atoms with Crippen LogP contribution in [-0.2, 0) is 14.3 Å². The highest BCUT2D eigenvalue weighted by Crippen LogP contribution is 2.51. The molecule has 1 saturated carbocycles. The van der Waals surface area contributed by atoms with Crippen molar-refractivity contribution in [3.8, 4) is 0 Å². The first-order chi connectivity index (χ1) is 8.52. The van der Waals surface area contributed by atoms with E-state index in [0.717, 1.165) is 25.7 Å². The van der Waals surface area contributed by atoms with Gasteiger partial charge in [0.15, 0.2) is 5.78 Å². The third kappa shape index (κ3) is 1.36. The summed E-state index contributed by atoms with van der Waals surface area (Å²) in [4.78, 5) is 24.4. The zero-order valence-electron chi connectivity index (χ0n) is 10.6. The lowest BCUT2D eigenvalue weighted by atomic mass is 9.75. The quantitative estimate of drug-likeness (QED) is 0.415. The highest BCUT2D eigenvalue weighted by atomic mass is 35.5. The maximum absolute atomic E-state index is 12.3. The maximum Gasteiger partial charge on any atom is 0.256 e. The maximum atomic E-state index is 12.3. The van der Waals surface area contributed by atoms with Gasteiger partial charge in [-0.05, 0) is 39.0 Å². The second-order valence-electron chi connectivity index (χ2n) is 5.60. The van der Waals surface area contributed by atoms with Crippen LogP contribution in [0.25, 0.3) is 0 Å². The van der Waals surface area contributed by atoms with Crippen molar-refractivity contribution in [1.82, 2.24) is 4.90 Å². The molecule has 2 atom stereocenters. The number of hydrogen-bond acceptors (Lipinski definition) is 3. The van der Waals surface area contributed by atoms with Crippen LogP contribution in [0.5, 0.6) is 0 Å². The van der Waals surface area contributed by atoms with E-state index in [1.807, 2.05) is 0 Å². The minimum Gasteiger partial charge on any atom is -0.355 e. The van der Waals surface area contributed by atoms with E-state index >= 15 is 0 Å². The Hall–Kier alpha value is -0.610. The Balaban J connectivity index is 1.91. The Morgan fingerprint density at radius 1 is 1.39 bits per heavy atom. The van der Waals surface area contributed by atoms with E-state index < -0.39 is 10.6 Å². The molecule has 3 fully saturated rings. The molecule has 0 bridgehead atoms. The van der Waals surface area contributed by atoms with Crippen LogP contribution in [-0.4, -0.2) is 39.8 Å². The molecule has 1 aliphatic carbocycles. The molecule has 2 heterocycles. The van der Waals surface area contributed by atoms with Crippen molar-refractivity contribution >= 4 is 23.3 Å². The van der Waals surface area contributed by atoms with E-state index in [1.54, 1.807) is 4.90 Å². The molecule has 2 aliphatic heterocycles. The van der Waals surface area contributed by atoms with Crippen molar-refractivity contribution in [2.75, 3.05) is 6.61 Å². The number of β-lactam (4-membered cyclic amide) rings is 1. The Kier molecular flexibility index (Phi) is 2.72. The first-order valence-corrected chi connectivity index (χ1v) is 7.08. The summed E-state index contributed by atoms with van der Waals surface area (Å²) < 4.78 is 5.92. The number of carbonyl (C=O) groups is 2. The lowest BCUT2D eigenvalue weighted by molar-refractivity contribution is -0.249. The number of rotatable bonds is 1. The second kappa shape index (κ2) is 3.94. The highest BCUT2D eigenvalue weighted by molar-refractivity contribution is 6.49. The Morgan fingerprint density at radius 3 is 2.67 bits per heavy atom. The molecule has 0 radical (unpaired) electrons. The summed E-state index contributed by atoms with van der Waals surface area (Å²) in [5.41, 5.74) is -0.466. The van der Waals surface area contributed by atoms with Crippen LogP contribution in [0.4, 0.5) is 0 Å². The van der Waals surface area contributed by atoms with Gasteiger partial charge in [-0.3, -0.25) is 9.59 Å². The topological polar surface area (TPSA) is 46.6 Å². The summed E-state index contributed by atoms with van der Waals surface area (Å²) in [6, 6.07) is -0.170. The minimum absolute atomic E-state index is 0.170. The van der Waals surface area contributed by atoms with Gasteiger partial charge in [0.25, 0.3) is 5.91 Å². The number of alkyl halides is 1. The van der Waals surface area contributed by atoms with Gasteiger partial charge in [0, 0.05) is 0 Å². The second-order valence-corrected chi connectivity index (χ2v) is 6.20. The Labute approximate surface area is 112 Å². The number of carbonyl (C=O) groups excluding carboxylic acids is 2. The van der Waals surface area contributed by atoms with Crippen molar-refractivity contribution < 1.29 is 14.3 Å². The minimum atomic E-state index is -1.31. The Morgan fingerprint density at radius 2 is 2.06 bits per heavy atom. The zero-order chi connectivity index (χ0) is 13.0. The van der Waals surface area contributed by atoms with Gasteiger partial charge in [0.05, 0.1) is 12.6 Å². The zero-order valence-corrected chi connectivity index (χ0v) is 11.3. The predicted octanol–water partition coefficient (Wildman–Crippen LogP) is 1.84. The summed E-state index contributed by atoms with van der Waals surface area (Å²) >= 11 is 6.27. The van der Waals surface area contributed by atoms with Gasteiger partial charge in [-0.1, -0.05) is 18.0 Å². The molecular formula is C13H18ClNO3. The molecule has 1 spiro atoms. The van der Waals surface area contributed by atoms with Crippen molar-refractivity contribution in [2.24, 2.45) is 0 Å². The van der Waals surface area contributed by atoms with Crippen LogP contribution in [0.1, 0.15) is 45.4 Å². The van der Waals surface area contributed by atoms with Gasteiger partial charge in [0.1, 0.15) is 5.72 Å². The lowest BCUT2D eigenvalue weighted by Crippen LogP contribution is -2.81. The summed E-state index contributed by atoms with van der Waals surface area (Å²) in [5.74, 6) is -0.480. The molecule has 0 aromatic rings. The van der Waals surface area contributed by atoms with Crippen molar-refractivity contribution in [1.29, 1.82) is 0 Å². The average molecular weight is 272 g/mol. The Bertz CT molecular complexity index is 400. The summed E-state index contributed by atoms with van der Waals surface area (Å²) in [6.07, 6.45) is 5.76. The molecule has 5 heteroatoms. The van der Waals surface area contributed by atoms with Crippen molar-refractivity contribution in [3.05, 3.63) is 0 Å². The lowest BCUT2D eigenvalue weighted by Gasteiger charge is -2.62. The molecule has 0 aromatic carbocycles. The number of nitrogens with zero attached hydrogens (tertiary/aromatic N) is 1. The number of ketones is 1. The van der Waals surface area contributed by atoms with Crippen LogP contribution in [0.15, 0.2) is 0 Å². The third-order valence-electron chi connectivity index (χ3n) is 4.65. The van der Waals surface area contributed by atoms with E-state index in [-0.39, 0.29) is 17.7 Å².